The number of hydrogen-bond donors (Lipinski definition) is 1. The van der Waals surface area contributed by atoms with E-state index in [0.29, 0.717) is 5.92 Å². The zero-order valence-electron chi connectivity index (χ0n) is 13.2. The lowest BCUT2D eigenvalue weighted by Crippen LogP contribution is -2.20. The second-order valence-electron chi connectivity index (χ2n) is 5.72. The van der Waals surface area contributed by atoms with E-state index in [1.165, 1.54) is 11.1 Å². The lowest BCUT2D eigenvalue weighted by Gasteiger charge is -2.16. The molecule has 2 aromatic rings. The van der Waals surface area contributed by atoms with Crippen molar-refractivity contribution in [3.05, 3.63) is 65.7 Å². The van der Waals surface area contributed by atoms with Crippen LogP contribution in [0.25, 0.3) is 0 Å². The lowest BCUT2D eigenvalue weighted by atomic mass is 10.0. The Morgan fingerprint density at radius 1 is 0.905 bits per heavy atom. The molecule has 0 radical (unpaired) electrons. The summed E-state index contributed by atoms with van der Waals surface area (Å²) in [5.41, 5.74) is 2.59. The maximum absolute atomic E-state index is 5.85. The summed E-state index contributed by atoms with van der Waals surface area (Å²) in [6.45, 7) is 8.16. The van der Waals surface area contributed by atoms with Crippen LogP contribution in [0.5, 0.6) is 5.75 Å². The van der Waals surface area contributed by atoms with E-state index in [0.717, 1.165) is 18.8 Å². The molecule has 0 saturated carbocycles. The molecule has 0 bridgehead atoms. The molecule has 2 rings (SSSR count). The normalized spacial score (nSPS) is 12.4. The van der Waals surface area contributed by atoms with Gasteiger partial charge in [0, 0.05) is 18.7 Å². The van der Waals surface area contributed by atoms with Crippen LogP contribution in [0.3, 0.4) is 0 Å². The number of nitrogens with one attached hydrogen (secondary N) is 1. The molecule has 2 aromatic carbocycles. The van der Waals surface area contributed by atoms with Crippen LogP contribution in [-0.2, 0) is 6.54 Å². The van der Waals surface area contributed by atoms with Gasteiger partial charge in [-0.05, 0) is 31.4 Å². The fourth-order valence-electron chi connectivity index (χ4n) is 2.34. The van der Waals surface area contributed by atoms with Gasteiger partial charge >= 0.3 is 0 Å². The molecule has 2 nitrogen and oxygen atoms in total. The summed E-state index contributed by atoms with van der Waals surface area (Å²) in [5.74, 6) is 1.48. The Balaban J connectivity index is 1.89. The monoisotopic (exact) mass is 283 g/mol. The van der Waals surface area contributed by atoms with E-state index in [1.807, 2.05) is 12.1 Å². The van der Waals surface area contributed by atoms with E-state index in [1.54, 1.807) is 0 Å². The summed E-state index contributed by atoms with van der Waals surface area (Å²) in [5, 5.41) is 3.53. The van der Waals surface area contributed by atoms with Gasteiger partial charge in [0.05, 0.1) is 6.10 Å². The van der Waals surface area contributed by atoms with Gasteiger partial charge in [-0.2, -0.15) is 0 Å². The van der Waals surface area contributed by atoms with Gasteiger partial charge < -0.3 is 10.1 Å². The number of rotatable bonds is 7. The van der Waals surface area contributed by atoms with E-state index in [-0.39, 0.29) is 6.10 Å². The number of para-hydroxylation sites is 1. The van der Waals surface area contributed by atoms with Gasteiger partial charge in [-0.15, -0.1) is 0 Å². The van der Waals surface area contributed by atoms with Crippen molar-refractivity contribution in [2.24, 2.45) is 0 Å². The average Bonchev–Trinajstić information content (AvgIpc) is 2.49. The zero-order valence-corrected chi connectivity index (χ0v) is 13.2. The fourth-order valence-corrected chi connectivity index (χ4v) is 2.34. The van der Waals surface area contributed by atoms with Gasteiger partial charge in [0.2, 0.25) is 0 Å². The topological polar surface area (TPSA) is 21.3 Å². The summed E-state index contributed by atoms with van der Waals surface area (Å²) in [6.07, 6.45) is 0.203. The maximum Gasteiger partial charge on any atom is 0.124 e. The first-order chi connectivity index (χ1) is 10.2. The summed E-state index contributed by atoms with van der Waals surface area (Å²) < 4.78 is 5.85. The van der Waals surface area contributed by atoms with E-state index >= 15 is 0 Å². The van der Waals surface area contributed by atoms with Crippen molar-refractivity contribution in [1.82, 2.24) is 5.32 Å². The Hall–Kier alpha value is -1.80. The van der Waals surface area contributed by atoms with Crippen LogP contribution in [0.4, 0.5) is 0 Å². The molecular formula is C19H25NO. The number of hydrogen-bond acceptors (Lipinski definition) is 2. The Morgan fingerprint density at radius 2 is 1.57 bits per heavy atom. The van der Waals surface area contributed by atoms with Crippen LogP contribution in [0.2, 0.25) is 0 Å². The molecule has 0 aromatic heterocycles. The molecule has 1 N–H and O–H groups in total. The van der Waals surface area contributed by atoms with Gasteiger partial charge in [-0.1, -0.05) is 55.5 Å². The molecule has 0 heterocycles. The minimum atomic E-state index is 0.203. The third-order valence-corrected chi connectivity index (χ3v) is 3.47. The third-order valence-electron chi connectivity index (χ3n) is 3.47. The number of ether oxygens (including phenoxy) is 1. The number of benzene rings is 2. The van der Waals surface area contributed by atoms with E-state index < -0.39 is 0 Å². The van der Waals surface area contributed by atoms with Crippen molar-refractivity contribution in [1.29, 1.82) is 0 Å². The first-order valence-corrected chi connectivity index (χ1v) is 7.67. The predicted molar refractivity (Wildman–Crippen MR) is 88.8 cm³/mol. The molecule has 0 aliphatic carbocycles. The van der Waals surface area contributed by atoms with Crippen LogP contribution in [-0.4, -0.2) is 12.6 Å². The first kappa shape index (κ1) is 15.6. The highest BCUT2D eigenvalue weighted by Gasteiger charge is 2.07. The molecule has 112 valence electrons. The maximum atomic E-state index is 5.85. The molecule has 0 amide bonds. The second kappa shape index (κ2) is 7.84. The molecule has 0 aliphatic heterocycles. The van der Waals surface area contributed by atoms with Crippen molar-refractivity contribution in [3.63, 3.8) is 0 Å². The highest BCUT2D eigenvalue weighted by atomic mass is 16.5. The van der Waals surface area contributed by atoms with Crippen molar-refractivity contribution < 1.29 is 4.74 Å². The molecular weight excluding hydrogens is 258 g/mol. The highest BCUT2D eigenvalue weighted by molar-refractivity contribution is 5.33. The largest absolute Gasteiger partial charge is 0.491 e. The smallest absolute Gasteiger partial charge is 0.124 e. The summed E-state index contributed by atoms with van der Waals surface area (Å²) in [7, 11) is 0. The minimum absolute atomic E-state index is 0.203. The van der Waals surface area contributed by atoms with E-state index in [2.05, 4.69) is 68.6 Å². The fraction of sp³-hybridized carbons (Fsp3) is 0.368. The van der Waals surface area contributed by atoms with E-state index in [9.17, 15) is 0 Å². The van der Waals surface area contributed by atoms with Gasteiger partial charge in [-0.25, -0.2) is 0 Å². The minimum Gasteiger partial charge on any atom is -0.491 e. The highest BCUT2D eigenvalue weighted by Crippen LogP contribution is 2.19. The molecule has 1 unspecified atom stereocenters. The average molecular weight is 283 g/mol. The van der Waals surface area contributed by atoms with Crippen molar-refractivity contribution in [2.75, 3.05) is 6.54 Å². The first-order valence-electron chi connectivity index (χ1n) is 7.67. The lowest BCUT2D eigenvalue weighted by molar-refractivity contribution is 0.239. The van der Waals surface area contributed by atoms with Crippen molar-refractivity contribution in [2.45, 2.75) is 39.3 Å². The SMILES string of the molecule is CC(C)Oc1ccccc1CNCC(C)c1ccccc1. The van der Waals surface area contributed by atoms with Crippen molar-refractivity contribution in [3.8, 4) is 5.75 Å². The molecule has 21 heavy (non-hydrogen) atoms. The van der Waals surface area contributed by atoms with Crippen molar-refractivity contribution >= 4 is 0 Å². The second-order valence-corrected chi connectivity index (χ2v) is 5.72. The molecule has 0 aliphatic rings. The molecule has 0 fully saturated rings. The van der Waals surface area contributed by atoms with Crippen LogP contribution in [0, 0.1) is 0 Å². The quantitative estimate of drug-likeness (QED) is 0.815. The van der Waals surface area contributed by atoms with Crippen LogP contribution < -0.4 is 10.1 Å². The predicted octanol–water partition coefficient (Wildman–Crippen LogP) is 4.37. The van der Waals surface area contributed by atoms with Crippen LogP contribution in [0.1, 0.15) is 37.8 Å². The Labute approximate surface area is 128 Å². The Bertz CT molecular complexity index is 536. The van der Waals surface area contributed by atoms with Gasteiger partial charge in [0.25, 0.3) is 0 Å². The Morgan fingerprint density at radius 3 is 2.29 bits per heavy atom. The molecule has 0 saturated heterocycles. The van der Waals surface area contributed by atoms with Crippen LogP contribution >= 0.6 is 0 Å². The zero-order chi connectivity index (χ0) is 15.1. The molecule has 0 spiro atoms. The summed E-state index contributed by atoms with van der Waals surface area (Å²) in [6, 6.07) is 18.9. The third kappa shape index (κ3) is 4.91. The Kier molecular flexibility index (Phi) is 5.82. The molecule has 1 atom stereocenters. The van der Waals surface area contributed by atoms with Gasteiger partial charge in [-0.3, -0.25) is 0 Å². The van der Waals surface area contributed by atoms with E-state index in [4.69, 9.17) is 4.74 Å². The standard InChI is InChI=1S/C19H25NO/c1-15(2)21-19-12-8-7-11-18(19)14-20-13-16(3)17-9-5-4-6-10-17/h4-12,15-16,20H,13-14H2,1-3H3. The van der Waals surface area contributed by atoms with Gasteiger partial charge in [0.1, 0.15) is 5.75 Å². The molecule has 2 heteroatoms. The van der Waals surface area contributed by atoms with Gasteiger partial charge in [0.15, 0.2) is 0 Å². The summed E-state index contributed by atoms with van der Waals surface area (Å²) in [4.78, 5) is 0. The van der Waals surface area contributed by atoms with Crippen LogP contribution in [0.15, 0.2) is 54.6 Å². The summed E-state index contributed by atoms with van der Waals surface area (Å²) >= 11 is 0.